The van der Waals surface area contributed by atoms with Gasteiger partial charge in [0.2, 0.25) is 0 Å². The van der Waals surface area contributed by atoms with E-state index in [1.165, 1.54) is 0 Å². The zero-order valence-corrected chi connectivity index (χ0v) is 10.6. The third-order valence-corrected chi connectivity index (χ3v) is 3.42. The lowest BCUT2D eigenvalue weighted by atomic mass is 9.79. The van der Waals surface area contributed by atoms with E-state index in [0.717, 1.165) is 38.8 Å². The summed E-state index contributed by atoms with van der Waals surface area (Å²) in [5, 5.41) is 3.34. The van der Waals surface area contributed by atoms with Crippen molar-refractivity contribution in [1.29, 1.82) is 0 Å². The summed E-state index contributed by atoms with van der Waals surface area (Å²) in [7, 11) is 0. The van der Waals surface area contributed by atoms with Gasteiger partial charge in [0.1, 0.15) is 5.78 Å². The van der Waals surface area contributed by atoms with Crippen LogP contribution >= 0.6 is 0 Å². The normalized spacial score (nSPS) is 24.3. The zero-order chi connectivity index (χ0) is 12.5. The maximum Gasteiger partial charge on any atom is 0.293 e. The fourth-order valence-electron chi connectivity index (χ4n) is 2.56. The number of Topliss-reactive ketones (excluding diaryl/α,β-unsaturated/α-hetero) is 1. The van der Waals surface area contributed by atoms with Gasteiger partial charge < -0.3 is 10.1 Å². The van der Waals surface area contributed by atoms with Crippen molar-refractivity contribution < 1.29 is 14.3 Å². The molecule has 1 aliphatic heterocycles. The summed E-state index contributed by atoms with van der Waals surface area (Å²) in [6, 6.07) is 0. The number of rotatable bonds is 8. The monoisotopic (exact) mass is 241 g/mol. The van der Waals surface area contributed by atoms with Crippen molar-refractivity contribution in [3.8, 4) is 0 Å². The molecule has 0 amide bonds. The van der Waals surface area contributed by atoms with Gasteiger partial charge in [-0.05, 0) is 44.7 Å². The topological polar surface area (TPSA) is 55.4 Å². The van der Waals surface area contributed by atoms with Gasteiger partial charge in [-0.25, -0.2) is 0 Å². The predicted molar refractivity (Wildman–Crippen MR) is 65.6 cm³/mol. The van der Waals surface area contributed by atoms with Crippen molar-refractivity contribution in [2.45, 2.75) is 39.0 Å². The fraction of sp³-hybridized carbons (Fsp3) is 0.846. The van der Waals surface area contributed by atoms with Crippen molar-refractivity contribution in [1.82, 2.24) is 5.32 Å². The average molecular weight is 241 g/mol. The highest BCUT2D eigenvalue weighted by molar-refractivity contribution is 5.81. The average Bonchev–Trinajstić information content (AvgIpc) is 2.35. The maximum atomic E-state index is 12.0. The minimum Gasteiger partial charge on any atom is -0.468 e. The molecule has 0 radical (unpaired) electrons. The lowest BCUT2D eigenvalue weighted by Gasteiger charge is -2.31. The van der Waals surface area contributed by atoms with E-state index in [9.17, 15) is 9.59 Å². The minimum atomic E-state index is 0.215. The lowest BCUT2D eigenvalue weighted by Crippen LogP contribution is -2.40. The van der Waals surface area contributed by atoms with Crippen molar-refractivity contribution in [2.75, 3.05) is 19.7 Å². The first-order valence-corrected chi connectivity index (χ1v) is 6.58. The molecular formula is C13H23NO3. The Morgan fingerprint density at radius 3 is 3.06 bits per heavy atom. The number of ketones is 1. The Morgan fingerprint density at radius 1 is 1.53 bits per heavy atom. The standard InChI is InChI=1S/C13H23NO3/c1-2-4-13(16)12-6-7-14-9-11(12)5-3-8-17-10-15/h10-12,14H,2-9H2,1H3. The van der Waals surface area contributed by atoms with Crippen molar-refractivity contribution >= 4 is 12.3 Å². The molecule has 0 aliphatic carbocycles. The van der Waals surface area contributed by atoms with Gasteiger partial charge in [0.25, 0.3) is 6.47 Å². The minimum absolute atomic E-state index is 0.215. The van der Waals surface area contributed by atoms with E-state index in [2.05, 4.69) is 10.1 Å². The SMILES string of the molecule is CCCC(=O)C1CCNCC1CCCOC=O. The molecular weight excluding hydrogens is 218 g/mol. The number of carbonyl (C=O) groups is 2. The summed E-state index contributed by atoms with van der Waals surface area (Å²) in [6.45, 7) is 4.86. The molecule has 4 nitrogen and oxygen atoms in total. The molecule has 17 heavy (non-hydrogen) atoms. The fourth-order valence-corrected chi connectivity index (χ4v) is 2.56. The van der Waals surface area contributed by atoms with Crippen LogP contribution in [-0.2, 0) is 14.3 Å². The number of piperidine rings is 1. The molecule has 1 heterocycles. The first-order chi connectivity index (χ1) is 8.29. The molecule has 0 aromatic heterocycles. The van der Waals surface area contributed by atoms with Crippen LogP contribution in [0.2, 0.25) is 0 Å². The molecule has 0 saturated carbocycles. The van der Waals surface area contributed by atoms with Gasteiger partial charge in [-0.2, -0.15) is 0 Å². The number of nitrogens with one attached hydrogen (secondary N) is 1. The van der Waals surface area contributed by atoms with E-state index in [1.807, 2.05) is 6.92 Å². The van der Waals surface area contributed by atoms with Crippen molar-refractivity contribution in [2.24, 2.45) is 11.8 Å². The van der Waals surface area contributed by atoms with E-state index in [-0.39, 0.29) is 5.92 Å². The second-order valence-electron chi connectivity index (χ2n) is 4.68. The van der Waals surface area contributed by atoms with Crippen LogP contribution in [0.15, 0.2) is 0 Å². The molecule has 0 aromatic carbocycles. The Hall–Kier alpha value is -0.900. The lowest BCUT2D eigenvalue weighted by molar-refractivity contribution is -0.129. The van der Waals surface area contributed by atoms with Crippen LogP contribution in [0.4, 0.5) is 0 Å². The van der Waals surface area contributed by atoms with Gasteiger partial charge in [0.05, 0.1) is 6.61 Å². The van der Waals surface area contributed by atoms with Crippen LogP contribution in [0.3, 0.4) is 0 Å². The van der Waals surface area contributed by atoms with E-state index >= 15 is 0 Å². The number of ether oxygens (including phenoxy) is 1. The second kappa shape index (κ2) is 8.23. The summed E-state index contributed by atoms with van der Waals surface area (Å²) < 4.78 is 4.68. The summed E-state index contributed by atoms with van der Waals surface area (Å²) in [5.41, 5.74) is 0. The van der Waals surface area contributed by atoms with E-state index < -0.39 is 0 Å². The Labute approximate surface area is 103 Å². The largest absolute Gasteiger partial charge is 0.468 e. The number of carbonyl (C=O) groups excluding carboxylic acids is 2. The summed E-state index contributed by atoms with van der Waals surface area (Å²) in [5.74, 6) is 1.04. The molecule has 98 valence electrons. The van der Waals surface area contributed by atoms with Crippen LogP contribution in [0.1, 0.15) is 39.0 Å². The second-order valence-corrected chi connectivity index (χ2v) is 4.68. The molecule has 0 spiro atoms. The third-order valence-electron chi connectivity index (χ3n) is 3.42. The molecule has 0 aromatic rings. The van der Waals surface area contributed by atoms with Gasteiger partial charge in [0.15, 0.2) is 0 Å². The van der Waals surface area contributed by atoms with Crippen molar-refractivity contribution in [3.05, 3.63) is 0 Å². The number of hydrogen-bond donors (Lipinski definition) is 1. The van der Waals surface area contributed by atoms with Gasteiger partial charge in [0, 0.05) is 12.3 Å². The van der Waals surface area contributed by atoms with Gasteiger partial charge >= 0.3 is 0 Å². The summed E-state index contributed by atoms with van der Waals surface area (Å²) >= 11 is 0. The predicted octanol–water partition coefficient (Wildman–Crippen LogP) is 1.53. The molecule has 1 fully saturated rings. The summed E-state index contributed by atoms with van der Waals surface area (Å²) in [4.78, 5) is 22.0. The molecule has 4 heteroatoms. The van der Waals surface area contributed by atoms with Gasteiger partial charge in [-0.3, -0.25) is 9.59 Å². The molecule has 2 atom stereocenters. The highest BCUT2D eigenvalue weighted by Crippen LogP contribution is 2.25. The third kappa shape index (κ3) is 4.86. The Bertz CT molecular complexity index is 243. The Morgan fingerprint density at radius 2 is 2.35 bits per heavy atom. The first-order valence-electron chi connectivity index (χ1n) is 6.58. The van der Waals surface area contributed by atoms with Gasteiger partial charge in [-0.1, -0.05) is 6.92 Å². The van der Waals surface area contributed by atoms with Gasteiger partial charge in [-0.15, -0.1) is 0 Å². The molecule has 1 rings (SSSR count). The molecule has 0 bridgehead atoms. The quantitative estimate of drug-likeness (QED) is 0.517. The molecule has 1 saturated heterocycles. The van der Waals surface area contributed by atoms with Crippen LogP contribution in [0, 0.1) is 11.8 Å². The number of hydrogen-bond acceptors (Lipinski definition) is 4. The van der Waals surface area contributed by atoms with E-state index in [1.54, 1.807) is 0 Å². The van der Waals surface area contributed by atoms with E-state index in [0.29, 0.717) is 31.2 Å². The summed E-state index contributed by atoms with van der Waals surface area (Å²) in [6.07, 6.45) is 4.40. The Kier molecular flexibility index (Phi) is 6.86. The van der Waals surface area contributed by atoms with Crippen LogP contribution < -0.4 is 5.32 Å². The van der Waals surface area contributed by atoms with Crippen LogP contribution in [-0.4, -0.2) is 32.0 Å². The van der Waals surface area contributed by atoms with E-state index in [4.69, 9.17) is 0 Å². The van der Waals surface area contributed by atoms with Crippen LogP contribution in [0.25, 0.3) is 0 Å². The molecule has 2 unspecified atom stereocenters. The first kappa shape index (κ1) is 14.2. The van der Waals surface area contributed by atoms with Crippen molar-refractivity contribution in [3.63, 3.8) is 0 Å². The maximum absolute atomic E-state index is 12.0. The van der Waals surface area contributed by atoms with Crippen LogP contribution in [0.5, 0.6) is 0 Å². The Balaban J connectivity index is 2.36. The highest BCUT2D eigenvalue weighted by atomic mass is 16.5. The smallest absolute Gasteiger partial charge is 0.293 e. The highest BCUT2D eigenvalue weighted by Gasteiger charge is 2.29. The zero-order valence-electron chi connectivity index (χ0n) is 10.6. The molecule has 1 aliphatic rings. The molecule has 1 N–H and O–H groups in total.